The first-order valence-electron chi connectivity index (χ1n) is 15.3. The second kappa shape index (κ2) is 15.7. The number of nitrogens with one attached hydrogen (secondary N) is 2. The lowest BCUT2D eigenvalue weighted by molar-refractivity contribution is -0.143. The number of hydrogen-bond donors (Lipinski definition) is 2. The summed E-state index contributed by atoms with van der Waals surface area (Å²) in [6, 6.07) is 5.46. The predicted molar refractivity (Wildman–Crippen MR) is 162 cm³/mol. The zero-order valence-electron chi connectivity index (χ0n) is 26.2. The third kappa shape index (κ3) is 8.30. The van der Waals surface area contributed by atoms with Gasteiger partial charge < -0.3 is 34.7 Å². The molecule has 0 saturated carbocycles. The van der Waals surface area contributed by atoms with Crippen LogP contribution in [0.4, 0.5) is 5.69 Å². The van der Waals surface area contributed by atoms with E-state index >= 15 is 0 Å². The maximum absolute atomic E-state index is 13.6. The van der Waals surface area contributed by atoms with Gasteiger partial charge in [0.1, 0.15) is 6.29 Å². The van der Waals surface area contributed by atoms with Gasteiger partial charge >= 0.3 is 0 Å². The van der Waals surface area contributed by atoms with E-state index in [-0.39, 0.29) is 36.4 Å². The lowest BCUT2D eigenvalue weighted by Crippen LogP contribution is -2.52. The zero-order valence-corrected chi connectivity index (χ0v) is 26.2. The van der Waals surface area contributed by atoms with Crippen LogP contribution < -0.4 is 10.6 Å². The Balaban J connectivity index is 1.65. The van der Waals surface area contributed by atoms with E-state index in [1.54, 1.807) is 14.2 Å². The Hall–Kier alpha value is -2.49. The minimum Gasteiger partial charge on any atom is -0.385 e. The SMILES string of the molecule is CC[C@H](C)[C@@H]([C@@H](CC(=O)N1CCC[C@H]1[C@H](OC)[C@@H](C)C(=O)N[C@H](C=O)Cc1ccc2c(c1)CCCN2)OC)N(C)C. The van der Waals surface area contributed by atoms with Crippen LogP contribution in [0.1, 0.15) is 64.0 Å². The summed E-state index contributed by atoms with van der Waals surface area (Å²) in [6.07, 6.45) is 5.51. The van der Waals surface area contributed by atoms with E-state index in [4.69, 9.17) is 9.47 Å². The number of aryl methyl sites for hydroxylation is 1. The van der Waals surface area contributed by atoms with Gasteiger partial charge in [0.05, 0.1) is 36.6 Å². The van der Waals surface area contributed by atoms with Gasteiger partial charge in [-0.3, -0.25) is 9.59 Å². The monoisotopic (exact) mass is 572 g/mol. The van der Waals surface area contributed by atoms with Crippen molar-refractivity contribution in [2.75, 3.05) is 46.7 Å². The van der Waals surface area contributed by atoms with Crippen LogP contribution in [0, 0.1) is 11.8 Å². The molecule has 1 aromatic rings. The fourth-order valence-electron chi connectivity index (χ4n) is 6.73. The van der Waals surface area contributed by atoms with Gasteiger partial charge in [-0.2, -0.15) is 0 Å². The van der Waals surface area contributed by atoms with Crippen molar-refractivity contribution in [2.24, 2.45) is 11.8 Å². The predicted octanol–water partition coefficient (Wildman–Crippen LogP) is 3.29. The summed E-state index contributed by atoms with van der Waals surface area (Å²) in [5.74, 6) is -0.387. The van der Waals surface area contributed by atoms with Gasteiger partial charge in [-0.05, 0) is 69.3 Å². The fourth-order valence-corrected chi connectivity index (χ4v) is 6.73. The summed E-state index contributed by atoms with van der Waals surface area (Å²) in [6.45, 7) is 7.77. The molecule has 0 radical (unpaired) electrons. The third-order valence-corrected chi connectivity index (χ3v) is 9.12. The molecule has 9 nitrogen and oxygen atoms in total. The van der Waals surface area contributed by atoms with Crippen LogP contribution in [0.2, 0.25) is 0 Å². The molecule has 1 aromatic carbocycles. The molecule has 0 unspecified atom stereocenters. The maximum Gasteiger partial charge on any atom is 0.226 e. The summed E-state index contributed by atoms with van der Waals surface area (Å²) in [5.41, 5.74) is 3.42. The Labute approximate surface area is 246 Å². The van der Waals surface area contributed by atoms with E-state index in [1.807, 2.05) is 32.0 Å². The van der Waals surface area contributed by atoms with Gasteiger partial charge in [0.2, 0.25) is 11.8 Å². The van der Waals surface area contributed by atoms with Gasteiger partial charge in [-0.1, -0.05) is 39.3 Å². The number of benzene rings is 1. The van der Waals surface area contributed by atoms with Crippen LogP contribution in [0.5, 0.6) is 0 Å². The molecular formula is C32H52N4O5. The molecule has 230 valence electrons. The first-order chi connectivity index (χ1) is 19.6. The number of hydrogen-bond acceptors (Lipinski definition) is 7. The molecule has 2 aliphatic rings. The number of anilines is 1. The van der Waals surface area contributed by atoms with Crippen LogP contribution in [0.25, 0.3) is 0 Å². The van der Waals surface area contributed by atoms with E-state index in [0.717, 1.165) is 56.2 Å². The molecule has 1 saturated heterocycles. The van der Waals surface area contributed by atoms with Crippen molar-refractivity contribution in [3.63, 3.8) is 0 Å². The highest BCUT2D eigenvalue weighted by atomic mass is 16.5. The van der Waals surface area contributed by atoms with Gasteiger partial charge in [0.15, 0.2) is 0 Å². The zero-order chi connectivity index (χ0) is 30.1. The Morgan fingerprint density at radius 2 is 1.95 bits per heavy atom. The van der Waals surface area contributed by atoms with Crippen molar-refractivity contribution in [2.45, 2.75) is 96.1 Å². The Bertz CT molecular complexity index is 1020. The molecule has 1 fully saturated rings. The number of carbonyl (C=O) groups is 3. The van der Waals surface area contributed by atoms with Gasteiger partial charge in [-0.25, -0.2) is 0 Å². The van der Waals surface area contributed by atoms with Crippen molar-refractivity contribution in [1.29, 1.82) is 0 Å². The minimum atomic E-state index is -0.635. The highest BCUT2D eigenvalue weighted by Crippen LogP contribution is 2.29. The first-order valence-corrected chi connectivity index (χ1v) is 15.3. The van der Waals surface area contributed by atoms with Crippen molar-refractivity contribution >= 4 is 23.8 Å². The molecule has 2 heterocycles. The van der Waals surface area contributed by atoms with Gasteiger partial charge in [-0.15, -0.1) is 0 Å². The maximum atomic E-state index is 13.6. The second-order valence-corrected chi connectivity index (χ2v) is 12.1. The van der Waals surface area contributed by atoms with Crippen molar-refractivity contribution in [3.8, 4) is 0 Å². The van der Waals surface area contributed by atoms with Crippen LogP contribution in [0.3, 0.4) is 0 Å². The molecule has 2 aliphatic heterocycles. The van der Waals surface area contributed by atoms with Crippen molar-refractivity contribution in [1.82, 2.24) is 15.1 Å². The number of ether oxygens (including phenoxy) is 2. The number of carbonyl (C=O) groups excluding carboxylic acids is 3. The van der Waals surface area contributed by atoms with Crippen LogP contribution in [-0.4, -0.2) is 99.6 Å². The molecule has 7 atom stereocenters. The number of rotatable bonds is 15. The van der Waals surface area contributed by atoms with E-state index in [2.05, 4.69) is 41.5 Å². The normalized spacial score (nSPS) is 21.3. The summed E-state index contributed by atoms with van der Waals surface area (Å²) in [5, 5.41) is 6.34. The number of likely N-dealkylation sites (N-methyl/N-ethyl adjacent to an activating group) is 1. The molecule has 0 spiro atoms. The number of fused-ring (bicyclic) bond motifs is 1. The molecule has 9 heteroatoms. The van der Waals surface area contributed by atoms with Crippen LogP contribution >= 0.6 is 0 Å². The van der Waals surface area contributed by atoms with Crippen molar-refractivity contribution < 1.29 is 23.9 Å². The smallest absolute Gasteiger partial charge is 0.226 e. The third-order valence-electron chi connectivity index (χ3n) is 9.12. The fraction of sp³-hybridized carbons (Fsp3) is 0.719. The summed E-state index contributed by atoms with van der Waals surface area (Å²) in [7, 11) is 7.33. The molecule has 41 heavy (non-hydrogen) atoms. The lowest BCUT2D eigenvalue weighted by Gasteiger charge is -2.38. The Morgan fingerprint density at radius 1 is 1.20 bits per heavy atom. The number of likely N-dealkylation sites (tertiary alicyclic amines) is 1. The highest BCUT2D eigenvalue weighted by Gasteiger charge is 2.41. The number of methoxy groups -OCH3 is 2. The van der Waals surface area contributed by atoms with Crippen molar-refractivity contribution in [3.05, 3.63) is 29.3 Å². The Kier molecular flexibility index (Phi) is 12.6. The van der Waals surface area contributed by atoms with Crippen LogP contribution in [0.15, 0.2) is 18.2 Å². The Morgan fingerprint density at radius 3 is 2.59 bits per heavy atom. The topological polar surface area (TPSA) is 100 Å². The molecular weight excluding hydrogens is 520 g/mol. The summed E-state index contributed by atoms with van der Waals surface area (Å²) >= 11 is 0. The number of aldehydes is 1. The molecule has 0 bridgehead atoms. The number of nitrogens with zero attached hydrogens (tertiary/aromatic N) is 2. The quantitative estimate of drug-likeness (QED) is 0.311. The first kappa shape index (κ1) is 33.0. The largest absolute Gasteiger partial charge is 0.385 e. The second-order valence-electron chi connectivity index (χ2n) is 12.1. The average Bonchev–Trinajstić information content (AvgIpc) is 3.45. The van der Waals surface area contributed by atoms with E-state index in [0.29, 0.717) is 18.9 Å². The standard InChI is InChI=1S/C32H52N4O5/c1-8-21(2)30(35(4)5)28(40-6)19-29(38)36-16-10-12-27(36)31(41-7)22(3)32(39)34-25(20-37)18-23-13-14-26-24(17-23)11-9-15-33-26/h13-14,17,20-22,25,27-28,30-31,33H,8-12,15-16,18-19H2,1-7H3,(H,34,39)/t21-,22+,25-,27-,28+,30-,31+/m0/s1. The van der Waals surface area contributed by atoms with E-state index in [1.165, 1.54) is 5.56 Å². The highest BCUT2D eigenvalue weighted by molar-refractivity contribution is 5.82. The summed E-state index contributed by atoms with van der Waals surface area (Å²) in [4.78, 5) is 43.0. The van der Waals surface area contributed by atoms with E-state index in [9.17, 15) is 14.4 Å². The molecule has 0 aliphatic carbocycles. The van der Waals surface area contributed by atoms with Gasteiger partial charge in [0, 0.05) is 39.0 Å². The average molecular weight is 573 g/mol. The molecule has 0 aromatic heterocycles. The lowest BCUT2D eigenvalue weighted by atomic mass is 9.90. The van der Waals surface area contributed by atoms with Gasteiger partial charge in [0.25, 0.3) is 0 Å². The minimum absolute atomic E-state index is 0.0248. The summed E-state index contributed by atoms with van der Waals surface area (Å²) < 4.78 is 11.7. The molecule has 3 rings (SSSR count). The number of amides is 2. The van der Waals surface area contributed by atoms with Crippen LogP contribution in [-0.2, 0) is 36.7 Å². The molecule has 2 N–H and O–H groups in total. The van der Waals surface area contributed by atoms with E-state index < -0.39 is 18.1 Å². The molecule has 2 amide bonds.